The van der Waals surface area contributed by atoms with Gasteiger partial charge in [0.25, 0.3) is 0 Å². The van der Waals surface area contributed by atoms with E-state index in [2.05, 4.69) is 5.32 Å². The largest absolute Gasteiger partial charge is 0.379 e. The Bertz CT molecular complexity index is 240. The normalized spacial score (nSPS) is 37.1. The van der Waals surface area contributed by atoms with Crippen LogP contribution in [-0.2, 0) is 9.53 Å². The fourth-order valence-electron chi connectivity index (χ4n) is 1.68. The van der Waals surface area contributed by atoms with Crippen molar-refractivity contribution in [2.45, 2.75) is 25.8 Å². The number of carbonyl (C=O) groups excluding carboxylic acids is 1. The highest BCUT2D eigenvalue weighted by molar-refractivity contribution is 5.83. The highest BCUT2D eigenvalue weighted by Crippen LogP contribution is 2.30. The molecule has 1 amide bonds. The lowest BCUT2D eigenvalue weighted by Crippen LogP contribution is -2.50. The zero-order valence-electron chi connectivity index (χ0n) is 8.58. The van der Waals surface area contributed by atoms with Gasteiger partial charge in [-0.25, -0.2) is 0 Å². The van der Waals surface area contributed by atoms with Crippen LogP contribution in [0.2, 0.25) is 0 Å². The zero-order valence-corrected chi connectivity index (χ0v) is 8.58. The molecule has 1 aliphatic carbocycles. The molecule has 14 heavy (non-hydrogen) atoms. The monoisotopic (exact) mass is 198 g/mol. The third kappa shape index (κ3) is 1.77. The van der Waals surface area contributed by atoms with Crippen LogP contribution in [0.3, 0.4) is 0 Å². The average molecular weight is 198 g/mol. The summed E-state index contributed by atoms with van der Waals surface area (Å²) in [6.45, 7) is 3.63. The maximum atomic E-state index is 11.8. The molecule has 0 bridgehead atoms. The second-order valence-corrected chi connectivity index (χ2v) is 4.69. The molecule has 80 valence electrons. The number of ether oxygens (including phenoxy) is 1. The second kappa shape index (κ2) is 3.51. The minimum absolute atomic E-state index is 0.0504. The van der Waals surface area contributed by atoms with E-state index in [-0.39, 0.29) is 11.9 Å². The van der Waals surface area contributed by atoms with Crippen LogP contribution in [0.4, 0.5) is 0 Å². The second-order valence-electron chi connectivity index (χ2n) is 4.69. The first-order valence-electron chi connectivity index (χ1n) is 5.24. The molecular formula is C10H18N2O2. The molecule has 0 aromatic heterocycles. The average Bonchev–Trinajstić information content (AvgIpc) is 2.91. The van der Waals surface area contributed by atoms with E-state index < -0.39 is 5.41 Å². The van der Waals surface area contributed by atoms with Gasteiger partial charge in [0.2, 0.25) is 5.91 Å². The van der Waals surface area contributed by atoms with E-state index in [4.69, 9.17) is 10.5 Å². The highest BCUT2D eigenvalue weighted by Gasteiger charge is 2.44. The molecule has 2 unspecified atom stereocenters. The molecule has 2 rings (SSSR count). The number of hydrogen-bond acceptors (Lipinski definition) is 3. The van der Waals surface area contributed by atoms with Gasteiger partial charge in [-0.15, -0.1) is 0 Å². The summed E-state index contributed by atoms with van der Waals surface area (Å²) in [7, 11) is 0. The molecule has 2 atom stereocenters. The quantitative estimate of drug-likeness (QED) is 0.664. The molecule has 1 saturated heterocycles. The van der Waals surface area contributed by atoms with Gasteiger partial charge in [0.15, 0.2) is 0 Å². The number of amides is 1. The standard InChI is InChI=1S/C10H18N2O2/c1-10(6-14-5-8(10)11)9(13)12-4-7-2-3-7/h7-8H,2-6,11H2,1H3,(H,12,13). The first kappa shape index (κ1) is 9.93. The molecule has 2 aliphatic rings. The number of nitrogens with two attached hydrogens (primary N) is 1. The maximum absolute atomic E-state index is 11.8. The lowest BCUT2D eigenvalue weighted by Gasteiger charge is -2.25. The Labute approximate surface area is 84.2 Å². The molecular weight excluding hydrogens is 180 g/mol. The molecule has 1 heterocycles. The summed E-state index contributed by atoms with van der Waals surface area (Å²) in [5.41, 5.74) is 5.33. The van der Waals surface area contributed by atoms with Crippen molar-refractivity contribution in [3.05, 3.63) is 0 Å². The minimum atomic E-state index is -0.519. The molecule has 2 fully saturated rings. The Morgan fingerprint density at radius 2 is 2.36 bits per heavy atom. The Morgan fingerprint density at radius 3 is 2.86 bits per heavy atom. The molecule has 0 radical (unpaired) electrons. The van der Waals surface area contributed by atoms with Crippen LogP contribution in [0.25, 0.3) is 0 Å². The Kier molecular flexibility index (Phi) is 2.49. The van der Waals surface area contributed by atoms with E-state index >= 15 is 0 Å². The van der Waals surface area contributed by atoms with Crippen LogP contribution < -0.4 is 11.1 Å². The number of hydrogen-bond donors (Lipinski definition) is 2. The highest BCUT2D eigenvalue weighted by atomic mass is 16.5. The van der Waals surface area contributed by atoms with Crippen LogP contribution in [-0.4, -0.2) is 31.7 Å². The summed E-state index contributed by atoms with van der Waals surface area (Å²) in [5, 5.41) is 2.96. The summed E-state index contributed by atoms with van der Waals surface area (Å²) in [6, 6.07) is -0.165. The lowest BCUT2D eigenvalue weighted by molar-refractivity contribution is -0.130. The summed E-state index contributed by atoms with van der Waals surface area (Å²) in [6.07, 6.45) is 2.50. The predicted molar refractivity (Wildman–Crippen MR) is 52.6 cm³/mol. The summed E-state index contributed by atoms with van der Waals surface area (Å²) >= 11 is 0. The van der Waals surface area contributed by atoms with Crippen molar-refractivity contribution in [1.82, 2.24) is 5.32 Å². The van der Waals surface area contributed by atoms with Crippen molar-refractivity contribution in [3.8, 4) is 0 Å². The van der Waals surface area contributed by atoms with Crippen molar-refractivity contribution < 1.29 is 9.53 Å². The molecule has 4 heteroatoms. The smallest absolute Gasteiger partial charge is 0.229 e. The molecule has 1 aliphatic heterocycles. The molecule has 0 aromatic carbocycles. The zero-order chi connectivity index (χ0) is 10.2. The summed E-state index contributed by atoms with van der Waals surface area (Å²) in [5.74, 6) is 0.760. The van der Waals surface area contributed by atoms with Gasteiger partial charge in [0, 0.05) is 12.6 Å². The molecule has 0 spiro atoms. The van der Waals surface area contributed by atoms with Gasteiger partial charge >= 0.3 is 0 Å². The van der Waals surface area contributed by atoms with E-state index in [0.29, 0.717) is 19.1 Å². The van der Waals surface area contributed by atoms with Gasteiger partial charge in [-0.3, -0.25) is 4.79 Å². The van der Waals surface area contributed by atoms with Gasteiger partial charge < -0.3 is 15.8 Å². The Balaban J connectivity index is 1.87. The van der Waals surface area contributed by atoms with Gasteiger partial charge in [0.1, 0.15) is 0 Å². The van der Waals surface area contributed by atoms with E-state index in [1.54, 1.807) is 0 Å². The number of rotatable bonds is 3. The maximum Gasteiger partial charge on any atom is 0.229 e. The molecule has 1 saturated carbocycles. The van der Waals surface area contributed by atoms with E-state index in [1.165, 1.54) is 12.8 Å². The lowest BCUT2D eigenvalue weighted by atomic mass is 9.85. The molecule has 3 N–H and O–H groups in total. The van der Waals surface area contributed by atoms with Crippen LogP contribution in [0.1, 0.15) is 19.8 Å². The fraction of sp³-hybridized carbons (Fsp3) is 0.900. The van der Waals surface area contributed by atoms with E-state index in [0.717, 1.165) is 6.54 Å². The first-order chi connectivity index (χ1) is 6.63. The predicted octanol–water partition coefficient (Wildman–Crippen LogP) is -0.124. The minimum Gasteiger partial charge on any atom is -0.379 e. The third-order valence-corrected chi connectivity index (χ3v) is 3.28. The van der Waals surface area contributed by atoms with Crippen LogP contribution in [0.5, 0.6) is 0 Å². The van der Waals surface area contributed by atoms with Crippen molar-refractivity contribution >= 4 is 5.91 Å². The van der Waals surface area contributed by atoms with Crippen LogP contribution >= 0.6 is 0 Å². The summed E-state index contributed by atoms with van der Waals surface area (Å²) in [4.78, 5) is 11.8. The van der Waals surface area contributed by atoms with Gasteiger partial charge in [-0.05, 0) is 25.7 Å². The Hall–Kier alpha value is -0.610. The van der Waals surface area contributed by atoms with Crippen molar-refractivity contribution in [1.29, 1.82) is 0 Å². The molecule has 4 nitrogen and oxygen atoms in total. The van der Waals surface area contributed by atoms with Crippen molar-refractivity contribution in [2.24, 2.45) is 17.1 Å². The summed E-state index contributed by atoms with van der Waals surface area (Å²) < 4.78 is 5.23. The SMILES string of the molecule is CC1(C(=O)NCC2CC2)COCC1N. The van der Waals surface area contributed by atoms with E-state index in [9.17, 15) is 4.79 Å². The Morgan fingerprint density at radius 1 is 1.64 bits per heavy atom. The fourth-order valence-corrected chi connectivity index (χ4v) is 1.68. The van der Waals surface area contributed by atoms with Crippen LogP contribution in [0, 0.1) is 11.3 Å². The van der Waals surface area contributed by atoms with Gasteiger partial charge in [-0.2, -0.15) is 0 Å². The topological polar surface area (TPSA) is 64.3 Å². The van der Waals surface area contributed by atoms with E-state index in [1.807, 2.05) is 6.92 Å². The number of carbonyl (C=O) groups is 1. The van der Waals surface area contributed by atoms with Gasteiger partial charge in [0.05, 0.1) is 18.6 Å². The first-order valence-corrected chi connectivity index (χ1v) is 5.24. The van der Waals surface area contributed by atoms with Crippen molar-refractivity contribution in [2.75, 3.05) is 19.8 Å². The molecule has 0 aromatic rings. The third-order valence-electron chi connectivity index (χ3n) is 3.28. The van der Waals surface area contributed by atoms with Gasteiger partial charge in [-0.1, -0.05) is 0 Å². The number of nitrogens with one attached hydrogen (secondary N) is 1. The van der Waals surface area contributed by atoms with Crippen LogP contribution in [0.15, 0.2) is 0 Å². The van der Waals surface area contributed by atoms with Crippen molar-refractivity contribution in [3.63, 3.8) is 0 Å².